The van der Waals surface area contributed by atoms with Gasteiger partial charge in [-0.15, -0.1) is 0 Å². The van der Waals surface area contributed by atoms with Gasteiger partial charge in [0.25, 0.3) is 0 Å². The van der Waals surface area contributed by atoms with E-state index in [1.807, 2.05) is 44.4 Å². The van der Waals surface area contributed by atoms with Crippen LogP contribution in [0.15, 0.2) is 59.4 Å². The van der Waals surface area contributed by atoms with Crippen LogP contribution in [-0.4, -0.2) is 40.9 Å². The van der Waals surface area contributed by atoms with Gasteiger partial charge in [-0.05, 0) is 37.6 Å². The molecule has 1 saturated heterocycles. The molecule has 0 aliphatic carbocycles. The topological polar surface area (TPSA) is 60.6 Å². The highest BCUT2D eigenvalue weighted by atomic mass is 16.5. The lowest BCUT2D eigenvalue weighted by atomic mass is 9.95. The van der Waals surface area contributed by atoms with Gasteiger partial charge in [0, 0.05) is 55.5 Å². The van der Waals surface area contributed by atoms with E-state index in [-0.39, 0.29) is 6.04 Å². The molecule has 0 amide bonds. The van der Waals surface area contributed by atoms with Crippen LogP contribution in [0.25, 0.3) is 0 Å². The number of hydrogen-bond donors (Lipinski definition) is 0. The van der Waals surface area contributed by atoms with E-state index in [2.05, 4.69) is 39.3 Å². The zero-order chi connectivity index (χ0) is 20.8. The Balaban J connectivity index is 1.58. The predicted octanol–water partition coefficient (Wildman–Crippen LogP) is 4.04. The highest BCUT2D eigenvalue weighted by Gasteiger charge is 2.34. The molecule has 0 N–H and O–H groups in total. The number of rotatable bonds is 9. The molecule has 1 aliphatic heterocycles. The summed E-state index contributed by atoms with van der Waals surface area (Å²) >= 11 is 0. The maximum atomic E-state index is 5.94. The normalized spacial score (nSPS) is 18.8. The molecule has 4 rings (SSSR count). The molecule has 0 unspecified atom stereocenters. The number of para-hydroxylation sites is 1. The van der Waals surface area contributed by atoms with Crippen molar-refractivity contribution >= 4 is 0 Å². The largest absolute Gasteiger partial charge is 0.494 e. The molecule has 6 heteroatoms. The van der Waals surface area contributed by atoms with E-state index in [4.69, 9.17) is 14.0 Å². The molecule has 2 atom stereocenters. The first-order valence-electron chi connectivity index (χ1n) is 10.6. The summed E-state index contributed by atoms with van der Waals surface area (Å²) in [4.78, 5) is 6.66. The molecule has 158 valence electrons. The molecule has 6 nitrogen and oxygen atoms in total. The first-order valence-corrected chi connectivity index (χ1v) is 10.6. The van der Waals surface area contributed by atoms with E-state index in [9.17, 15) is 0 Å². The zero-order valence-corrected chi connectivity index (χ0v) is 17.7. The van der Waals surface area contributed by atoms with Crippen LogP contribution in [0, 0.1) is 12.8 Å². The summed E-state index contributed by atoms with van der Waals surface area (Å²) in [6.45, 7) is 7.68. The van der Waals surface area contributed by atoms with Crippen molar-refractivity contribution in [2.75, 3.05) is 19.8 Å². The number of hydrogen-bond acceptors (Lipinski definition) is 6. The van der Waals surface area contributed by atoms with Crippen molar-refractivity contribution < 1.29 is 14.0 Å². The minimum atomic E-state index is 0.276. The van der Waals surface area contributed by atoms with Crippen LogP contribution in [0.4, 0.5) is 0 Å². The Morgan fingerprint density at radius 1 is 1.10 bits per heavy atom. The van der Waals surface area contributed by atoms with Crippen molar-refractivity contribution in [3.8, 4) is 5.75 Å². The van der Waals surface area contributed by atoms with E-state index >= 15 is 0 Å². The molecular weight excluding hydrogens is 378 g/mol. The van der Waals surface area contributed by atoms with Gasteiger partial charge in [-0.25, -0.2) is 0 Å². The molecular formula is C24H29N3O3. The fourth-order valence-corrected chi connectivity index (χ4v) is 4.12. The molecule has 1 aromatic carbocycles. The van der Waals surface area contributed by atoms with E-state index in [0.29, 0.717) is 19.1 Å². The molecule has 1 aliphatic rings. The van der Waals surface area contributed by atoms with E-state index in [0.717, 1.165) is 43.3 Å². The van der Waals surface area contributed by atoms with E-state index in [1.165, 1.54) is 11.1 Å². The zero-order valence-electron chi connectivity index (χ0n) is 17.7. The van der Waals surface area contributed by atoms with Crippen LogP contribution in [-0.2, 0) is 24.2 Å². The molecule has 1 fully saturated rings. The highest BCUT2D eigenvalue weighted by molar-refractivity contribution is 5.33. The minimum absolute atomic E-state index is 0.276. The second kappa shape index (κ2) is 9.87. The molecule has 3 heterocycles. The maximum absolute atomic E-state index is 5.94. The molecule has 0 bridgehead atoms. The second-order valence-electron chi connectivity index (χ2n) is 7.80. The summed E-state index contributed by atoms with van der Waals surface area (Å²) < 4.78 is 17.3. The van der Waals surface area contributed by atoms with Crippen LogP contribution < -0.4 is 4.74 Å². The molecule has 0 spiro atoms. The van der Waals surface area contributed by atoms with Crippen LogP contribution in [0.2, 0.25) is 0 Å². The highest BCUT2D eigenvalue weighted by Crippen LogP contribution is 2.29. The summed E-state index contributed by atoms with van der Waals surface area (Å²) in [6, 6.07) is 14.7. The van der Waals surface area contributed by atoms with Crippen molar-refractivity contribution in [2.24, 2.45) is 5.92 Å². The number of pyridine rings is 1. The van der Waals surface area contributed by atoms with Gasteiger partial charge in [-0.2, -0.15) is 0 Å². The summed E-state index contributed by atoms with van der Waals surface area (Å²) in [5.74, 6) is 2.21. The van der Waals surface area contributed by atoms with E-state index < -0.39 is 0 Å². The third kappa shape index (κ3) is 5.07. The number of aromatic nitrogens is 2. The number of benzene rings is 1. The van der Waals surface area contributed by atoms with Crippen molar-refractivity contribution in [1.29, 1.82) is 0 Å². The maximum Gasteiger partial charge on any atom is 0.137 e. The fourth-order valence-electron chi connectivity index (χ4n) is 4.12. The van der Waals surface area contributed by atoms with Gasteiger partial charge >= 0.3 is 0 Å². The summed E-state index contributed by atoms with van der Waals surface area (Å²) in [5, 5.41) is 4.04. The Bertz CT molecular complexity index is 928. The number of aryl methyl sites for hydroxylation is 1. The predicted molar refractivity (Wildman–Crippen MR) is 114 cm³/mol. The van der Waals surface area contributed by atoms with Gasteiger partial charge < -0.3 is 14.0 Å². The van der Waals surface area contributed by atoms with Crippen LogP contribution >= 0.6 is 0 Å². The van der Waals surface area contributed by atoms with Gasteiger partial charge in [-0.3, -0.25) is 9.88 Å². The van der Waals surface area contributed by atoms with Gasteiger partial charge in [0.1, 0.15) is 11.5 Å². The Morgan fingerprint density at radius 2 is 1.93 bits per heavy atom. The Labute approximate surface area is 177 Å². The Kier molecular flexibility index (Phi) is 6.77. The first kappa shape index (κ1) is 20.6. The van der Waals surface area contributed by atoms with Gasteiger partial charge in [-0.1, -0.05) is 23.4 Å². The van der Waals surface area contributed by atoms with Crippen molar-refractivity contribution in [3.63, 3.8) is 0 Å². The number of ether oxygens (including phenoxy) is 2. The molecule has 3 aromatic rings. The van der Waals surface area contributed by atoms with Crippen LogP contribution in [0.3, 0.4) is 0 Å². The van der Waals surface area contributed by atoms with Crippen LogP contribution in [0.1, 0.15) is 29.5 Å². The van der Waals surface area contributed by atoms with E-state index in [1.54, 1.807) is 0 Å². The quantitative estimate of drug-likeness (QED) is 0.534. The lowest BCUT2D eigenvalue weighted by Gasteiger charge is -2.32. The SMILES string of the molecule is CCOc1ccccc1CN(Cc1ccncc1)[C@@H]1COC[C@H]1Cc1cc(C)no1. The van der Waals surface area contributed by atoms with Gasteiger partial charge in [0.05, 0.1) is 25.5 Å². The standard InChI is InChI=1S/C24H29N3O3/c1-3-29-24-7-5-4-6-20(24)15-27(14-19-8-10-25-11-9-19)23-17-28-16-21(23)13-22-12-18(2)26-30-22/h4-12,21,23H,3,13-17H2,1-2H3/t21-,23-/m1/s1. The average molecular weight is 408 g/mol. The Morgan fingerprint density at radius 3 is 2.70 bits per heavy atom. The third-order valence-corrected chi connectivity index (χ3v) is 5.55. The number of nitrogens with zero attached hydrogens (tertiary/aromatic N) is 3. The first-order chi connectivity index (χ1) is 14.7. The molecule has 0 saturated carbocycles. The lowest BCUT2D eigenvalue weighted by Crippen LogP contribution is -2.40. The molecule has 2 aromatic heterocycles. The van der Waals surface area contributed by atoms with Crippen molar-refractivity contribution in [1.82, 2.24) is 15.0 Å². The average Bonchev–Trinajstić information content (AvgIpc) is 3.39. The van der Waals surface area contributed by atoms with Gasteiger partial charge in [0.2, 0.25) is 0 Å². The van der Waals surface area contributed by atoms with Crippen LogP contribution in [0.5, 0.6) is 5.75 Å². The lowest BCUT2D eigenvalue weighted by molar-refractivity contribution is 0.126. The summed E-state index contributed by atoms with van der Waals surface area (Å²) in [7, 11) is 0. The van der Waals surface area contributed by atoms with Gasteiger partial charge in [0.15, 0.2) is 0 Å². The minimum Gasteiger partial charge on any atom is -0.494 e. The third-order valence-electron chi connectivity index (χ3n) is 5.55. The second-order valence-corrected chi connectivity index (χ2v) is 7.80. The summed E-state index contributed by atoms with van der Waals surface area (Å²) in [6.07, 6.45) is 4.52. The summed E-state index contributed by atoms with van der Waals surface area (Å²) in [5.41, 5.74) is 3.34. The smallest absolute Gasteiger partial charge is 0.137 e. The molecule has 0 radical (unpaired) electrons. The molecule has 30 heavy (non-hydrogen) atoms. The van der Waals surface area contributed by atoms with Crippen molar-refractivity contribution in [3.05, 3.63) is 77.4 Å². The monoisotopic (exact) mass is 407 g/mol. The Hall–Kier alpha value is -2.70. The fraction of sp³-hybridized carbons (Fsp3) is 0.417. The van der Waals surface area contributed by atoms with Crippen molar-refractivity contribution in [2.45, 2.75) is 39.4 Å².